The van der Waals surface area contributed by atoms with Crippen LogP contribution in [0, 0.1) is 10.1 Å². The van der Waals surface area contributed by atoms with Crippen molar-refractivity contribution in [1.82, 2.24) is 0 Å². The van der Waals surface area contributed by atoms with E-state index in [0.29, 0.717) is 26.4 Å². The molecule has 1 fully saturated rings. The Labute approximate surface area is 228 Å². The van der Waals surface area contributed by atoms with Gasteiger partial charge in [0, 0.05) is 17.7 Å². The minimum atomic E-state index is -0.441. The molecule has 1 heterocycles. The number of amides is 1. The number of nitro benzene ring substituents is 1. The summed E-state index contributed by atoms with van der Waals surface area (Å²) in [5, 5.41) is 10.9. The zero-order valence-electron chi connectivity index (χ0n) is 19.9. The number of nitrogens with zero attached hydrogens (tertiary/aromatic N) is 2. The first-order valence-corrected chi connectivity index (χ1v) is 12.8. The molecule has 0 bridgehead atoms. The molecule has 9 heteroatoms. The number of para-hydroxylation sites is 2. The number of hydrogen-bond acceptors (Lipinski definition) is 7. The molecule has 38 heavy (non-hydrogen) atoms. The summed E-state index contributed by atoms with van der Waals surface area (Å²) in [6.07, 6.45) is 1.76. The van der Waals surface area contributed by atoms with Crippen LogP contribution in [0.3, 0.4) is 0 Å². The van der Waals surface area contributed by atoms with Gasteiger partial charge in [0.25, 0.3) is 11.6 Å². The van der Waals surface area contributed by atoms with Gasteiger partial charge in [0.05, 0.1) is 15.5 Å². The monoisotopic (exact) mass is 540 g/mol. The third-order valence-electron chi connectivity index (χ3n) is 5.61. The van der Waals surface area contributed by atoms with E-state index in [9.17, 15) is 14.9 Å². The Kier molecular flexibility index (Phi) is 7.48. The Bertz CT molecular complexity index is 1520. The lowest BCUT2D eigenvalue weighted by molar-refractivity contribution is -0.384. The first kappa shape index (κ1) is 25.2. The van der Waals surface area contributed by atoms with Crippen LogP contribution in [0.2, 0.25) is 0 Å². The van der Waals surface area contributed by atoms with E-state index in [1.807, 2.05) is 54.6 Å². The number of non-ortho nitro benzene ring substituents is 1. The maximum absolute atomic E-state index is 13.3. The molecule has 188 valence electrons. The first-order chi connectivity index (χ1) is 18.5. The van der Waals surface area contributed by atoms with E-state index >= 15 is 0 Å². The number of anilines is 1. The van der Waals surface area contributed by atoms with Crippen LogP contribution in [0.4, 0.5) is 11.4 Å². The summed E-state index contributed by atoms with van der Waals surface area (Å²) in [5.74, 6) is 1.74. The van der Waals surface area contributed by atoms with Gasteiger partial charge in [-0.05, 0) is 66.2 Å². The van der Waals surface area contributed by atoms with Crippen molar-refractivity contribution in [2.24, 2.45) is 0 Å². The Morgan fingerprint density at radius 2 is 1.53 bits per heavy atom. The molecular weight excluding hydrogens is 520 g/mol. The van der Waals surface area contributed by atoms with Crippen molar-refractivity contribution in [3.8, 4) is 17.2 Å². The second-order valence-corrected chi connectivity index (χ2v) is 9.85. The van der Waals surface area contributed by atoms with E-state index in [1.54, 1.807) is 42.5 Å². The van der Waals surface area contributed by atoms with Crippen LogP contribution in [0.15, 0.2) is 108 Å². The highest BCUT2D eigenvalue weighted by molar-refractivity contribution is 8.27. The normalized spacial score (nSPS) is 14.1. The smallest absolute Gasteiger partial charge is 0.270 e. The predicted molar refractivity (Wildman–Crippen MR) is 152 cm³/mol. The maximum atomic E-state index is 13.3. The van der Waals surface area contributed by atoms with E-state index < -0.39 is 4.92 Å². The molecule has 4 aromatic carbocycles. The van der Waals surface area contributed by atoms with Crippen LogP contribution in [0.5, 0.6) is 17.2 Å². The minimum absolute atomic E-state index is 0.0227. The van der Waals surface area contributed by atoms with Crippen LogP contribution in [-0.4, -0.2) is 15.2 Å². The lowest BCUT2D eigenvalue weighted by Crippen LogP contribution is -2.27. The third-order valence-corrected chi connectivity index (χ3v) is 6.92. The molecule has 1 aliphatic rings. The molecule has 0 N–H and O–H groups in total. The molecule has 0 aromatic heterocycles. The number of nitro groups is 1. The zero-order chi connectivity index (χ0) is 26.5. The summed E-state index contributed by atoms with van der Waals surface area (Å²) in [6.45, 7) is 0.223. The average molecular weight is 541 g/mol. The molecule has 0 saturated carbocycles. The van der Waals surface area contributed by atoms with Gasteiger partial charge in [0.15, 0.2) is 4.32 Å². The summed E-state index contributed by atoms with van der Waals surface area (Å²) in [6, 6.07) is 30.2. The Balaban J connectivity index is 1.30. The molecule has 0 spiro atoms. The molecule has 7 nitrogen and oxygen atoms in total. The molecule has 1 amide bonds. The second-order valence-electron chi connectivity index (χ2n) is 8.18. The number of carbonyl (C=O) groups is 1. The quantitative estimate of drug-likeness (QED) is 0.0998. The first-order valence-electron chi connectivity index (χ1n) is 11.5. The van der Waals surface area contributed by atoms with Crippen molar-refractivity contribution in [2.45, 2.75) is 6.61 Å². The number of benzene rings is 4. The van der Waals surface area contributed by atoms with Gasteiger partial charge in [-0.2, -0.15) is 0 Å². The molecule has 4 aromatic rings. The van der Waals surface area contributed by atoms with Gasteiger partial charge in [0.1, 0.15) is 23.9 Å². The van der Waals surface area contributed by atoms with E-state index in [2.05, 4.69) is 0 Å². The predicted octanol–water partition coefficient (Wildman–Crippen LogP) is 7.37. The fourth-order valence-electron chi connectivity index (χ4n) is 3.73. The highest BCUT2D eigenvalue weighted by Crippen LogP contribution is 2.38. The van der Waals surface area contributed by atoms with Crippen molar-refractivity contribution < 1.29 is 19.2 Å². The highest BCUT2D eigenvalue weighted by Gasteiger charge is 2.33. The summed E-state index contributed by atoms with van der Waals surface area (Å²) >= 11 is 6.75. The summed E-state index contributed by atoms with van der Waals surface area (Å²) in [7, 11) is 0. The molecule has 0 radical (unpaired) electrons. The molecular formula is C29H20N2O5S2. The lowest BCUT2D eigenvalue weighted by atomic mass is 10.1. The second kappa shape index (κ2) is 11.3. The van der Waals surface area contributed by atoms with Crippen molar-refractivity contribution in [3.05, 3.63) is 129 Å². The molecule has 0 aliphatic carbocycles. The topological polar surface area (TPSA) is 81.9 Å². The fourth-order valence-corrected chi connectivity index (χ4v) is 5.02. The standard InChI is InChI=1S/C29H20N2O5S2/c32-28-27(18-21-6-4-5-9-26(21)35-19-20-10-12-23(13-11-20)31(33)34)38-29(37)30(28)22-14-16-25(17-15-22)36-24-7-2-1-3-8-24/h1-18H,19H2/b27-18-. The van der Waals surface area contributed by atoms with Gasteiger partial charge in [-0.25, -0.2) is 0 Å². The van der Waals surface area contributed by atoms with Gasteiger partial charge in [-0.1, -0.05) is 60.4 Å². The van der Waals surface area contributed by atoms with E-state index in [-0.39, 0.29) is 18.2 Å². The summed E-state index contributed by atoms with van der Waals surface area (Å²) in [5.41, 5.74) is 2.19. The van der Waals surface area contributed by atoms with Gasteiger partial charge in [-0.15, -0.1) is 0 Å². The number of thiocarbonyl (C=S) groups is 1. The van der Waals surface area contributed by atoms with E-state index in [4.69, 9.17) is 21.7 Å². The number of thioether (sulfide) groups is 1. The van der Waals surface area contributed by atoms with Crippen LogP contribution < -0.4 is 14.4 Å². The Hall–Kier alpha value is -4.47. The zero-order valence-corrected chi connectivity index (χ0v) is 21.5. The van der Waals surface area contributed by atoms with Crippen molar-refractivity contribution in [1.29, 1.82) is 0 Å². The van der Waals surface area contributed by atoms with Crippen LogP contribution >= 0.6 is 24.0 Å². The summed E-state index contributed by atoms with van der Waals surface area (Å²) < 4.78 is 12.2. The average Bonchev–Trinajstić information content (AvgIpc) is 3.21. The minimum Gasteiger partial charge on any atom is -0.488 e. The molecule has 1 aliphatic heterocycles. The molecule has 0 unspecified atom stereocenters. The number of carbonyl (C=O) groups excluding carboxylic acids is 1. The molecule has 1 saturated heterocycles. The van der Waals surface area contributed by atoms with Crippen molar-refractivity contribution >= 4 is 51.7 Å². The van der Waals surface area contributed by atoms with Gasteiger partial charge >= 0.3 is 0 Å². The third kappa shape index (κ3) is 5.74. The van der Waals surface area contributed by atoms with Crippen molar-refractivity contribution in [2.75, 3.05) is 4.90 Å². The van der Waals surface area contributed by atoms with Crippen LogP contribution in [0.25, 0.3) is 6.08 Å². The number of hydrogen-bond donors (Lipinski definition) is 0. The van der Waals surface area contributed by atoms with E-state index in [1.165, 1.54) is 28.8 Å². The Morgan fingerprint density at radius 3 is 2.24 bits per heavy atom. The number of ether oxygens (including phenoxy) is 2. The van der Waals surface area contributed by atoms with Crippen LogP contribution in [0.1, 0.15) is 11.1 Å². The fraction of sp³-hybridized carbons (Fsp3) is 0.0345. The van der Waals surface area contributed by atoms with Gasteiger partial charge < -0.3 is 9.47 Å². The van der Waals surface area contributed by atoms with Crippen LogP contribution in [-0.2, 0) is 11.4 Å². The molecule has 0 atom stereocenters. The maximum Gasteiger partial charge on any atom is 0.270 e. The Morgan fingerprint density at radius 1 is 0.868 bits per heavy atom. The number of rotatable bonds is 8. The summed E-state index contributed by atoms with van der Waals surface area (Å²) in [4.78, 5) is 25.7. The highest BCUT2D eigenvalue weighted by atomic mass is 32.2. The van der Waals surface area contributed by atoms with Gasteiger partial charge in [0.2, 0.25) is 0 Å². The van der Waals surface area contributed by atoms with E-state index in [0.717, 1.165) is 16.9 Å². The lowest BCUT2D eigenvalue weighted by Gasteiger charge is -2.15. The largest absolute Gasteiger partial charge is 0.488 e. The SMILES string of the molecule is O=C1/C(=C/c2ccccc2OCc2ccc([N+](=O)[O-])cc2)SC(=S)N1c1ccc(Oc2ccccc2)cc1. The molecule has 5 rings (SSSR count). The van der Waals surface area contributed by atoms with Gasteiger partial charge in [-0.3, -0.25) is 19.8 Å². The van der Waals surface area contributed by atoms with Crippen molar-refractivity contribution in [3.63, 3.8) is 0 Å².